The molecular weight excluding hydrogens is 443 g/mol. The van der Waals surface area contributed by atoms with E-state index in [1.807, 2.05) is 0 Å². The summed E-state index contributed by atoms with van der Waals surface area (Å²) >= 11 is 0. The Morgan fingerprint density at radius 3 is 2.38 bits per heavy atom. The highest BCUT2D eigenvalue weighted by atomic mass is 19.1. The molecule has 0 aliphatic rings. The van der Waals surface area contributed by atoms with Crippen molar-refractivity contribution in [1.29, 1.82) is 0 Å². The number of nitrogens with one attached hydrogen (secondary N) is 1. The first kappa shape index (κ1) is 26.2. The zero-order chi connectivity index (χ0) is 25.1. The fourth-order valence-corrected chi connectivity index (χ4v) is 2.95. The van der Waals surface area contributed by atoms with Gasteiger partial charge in [0.05, 0.1) is 32.1 Å². The van der Waals surface area contributed by atoms with Gasteiger partial charge in [-0.3, -0.25) is 14.5 Å². The molecule has 0 unspecified atom stereocenters. The summed E-state index contributed by atoms with van der Waals surface area (Å²) in [5, 5.41) is 2.65. The lowest BCUT2D eigenvalue weighted by Crippen LogP contribution is -2.28. The predicted octanol–water partition coefficient (Wildman–Crippen LogP) is 3.86. The number of hydrogen-bond donors (Lipinski definition) is 1. The van der Waals surface area contributed by atoms with E-state index in [2.05, 4.69) is 17.3 Å². The van der Waals surface area contributed by atoms with Gasteiger partial charge in [-0.25, -0.2) is 9.18 Å². The molecule has 0 saturated carbocycles. The Balaban J connectivity index is 2.12. The van der Waals surface area contributed by atoms with Crippen LogP contribution >= 0.6 is 0 Å². The number of halogens is 1. The second-order valence-electron chi connectivity index (χ2n) is 6.97. The summed E-state index contributed by atoms with van der Waals surface area (Å²) < 4.78 is 29.1. The number of nitrogens with zero attached hydrogens (tertiary/aromatic N) is 1. The molecule has 180 valence electrons. The topological polar surface area (TPSA) is 94.2 Å². The molecule has 2 aromatic carbocycles. The molecule has 2 rings (SSSR count). The van der Waals surface area contributed by atoms with Gasteiger partial charge in [0.2, 0.25) is 5.91 Å². The van der Waals surface area contributed by atoms with Gasteiger partial charge in [-0.05, 0) is 31.2 Å². The van der Waals surface area contributed by atoms with Crippen LogP contribution in [0.25, 0.3) is 0 Å². The zero-order valence-electron chi connectivity index (χ0n) is 19.6. The van der Waals surface area contributed by atoms with Crippen LogP contribution < -0.4 is 14.8 Å². The van der Waals surface area contributed by atoms with Crippen molar-refractivity contribution in [3.05, 3.63) is 53.3 Å². The Hall–Kier alpha value is -4.06. The number of carbonyl (C=O) groups is 3. The lowest BCUT2D eigenvalue weighted by molar-refractivity contribution is -0.115. The van der Waals surface area contributed by atoms with Gasteiger partial charge in [0, 0.05) is 43.1 Å². The van der Waals surface area contributed by atoms with Crippen molar-refractivity contribution in [3.63, 3.8) is 0 Å². The van der Waals surface area contributed by atoms with Gasteiger partial charge in [0.1, 0.15) is 5.82 Å². The highest BCUT2D eigenvalue weighted by Gasteiger charge is 2.20. The molecule has 0 fully saturated rings. The average molecular weight is 470 g/mol. The third-order valence-electron chi connectivity index (χ3n) is 4.67. The lowest BCUT2D eigenvalue weighted by Gasteiger charge is -2.18. The third kappa shape index (κ3) is 6.97. The molecule has 0 aliphatic carbocycles. The number of amides is 2. The van der Waals surface area contributed by atoms with Gasteiger partial charge in [-0.15, -0.1) is 0 Å². The van der Waals surface area contributed by atoms with Crippen molar-refractivity contribution >= 4 is 23.5 Å². The minimum atomic E-state index is -0.645. The normalized spacial score (nSPS) is 9.91. The van der Waals surface area contributed by atoms with Crippen LogP contribution in [0.2, 0.25) is 0 Å². The molecule has 0 spiro atoms. The molecule has 0 saturated heterocycles. The van der Waals surface area contributed by atoms with E-state index in [-0.39, 0.29) is 48.4 Å². The molecule has 0 radical (unpaired) electrons. The number of ether oxygens (including phenoxy) is 3. The van der Waals surface area contributed by atoms with Crippen LogP contribution in [-0.2, 0) is 9.53 Å². The molecule has 0 heterocycles. The lowest BCUT2D eigenvalue weighted by atomic mass is 10.1. The van der Waals surface area contributed by atoms with E-state index < -0.39 is 11.8 Å². The average Bonchev–Trinajstić information content (AvgIpc) is 2.85. The van der Waals surface area contributed by atoms with Crippen LogP contribution in [0.1, 0.15) is 47.4 Å². The summed E-state index contributed by atoms with van der Waals surface area (Å²) in [5.74, 6) is 1.58. The molecule has 0 aromatic heterocycles. The van der Waals surface area contributed by atoms with E-state index in [4.69, 9.17) is 14.2 Å². The maximum Gasteiger partial charge on any atom is 0.340 e. The number of esters is 1. The largest absolute Gasteiger partial charge is 0.493 e. The monoisotopic (exact) mass is 470 g/mol. The summed E-state index contributed by atoms with van der Waals surface area (Å²) in [7, 11) is 2.67. The second kappa shape index (κ2) is 12.8. The van der Waals surface area contributed by atoms with Crippen molar-refractivity contribution in [2.75, 3.05) is 32.7 Å². The van der Waals surface area contributed by atoms with Gasteiger partial charge in [0.15, 0.2) is 11.5 Å². The number of methoxy groups -OCH3 is 2. The fourth-order valence-electron chi connectivity index (χ4n) is 2.95. The van der Waals surface area contributed by atoms with Crippen LogP contribution in [0.3, 0.4) is 0 Å². The molecule has 8 nitrogen and oxygen atoms in total. The molecule has 2 amide bonds. The van der Waals surface area contributed by atoms with E-state index in [1.165, 1.54) is 55.5 Å². The molecule has 0 bridgehead atoms. The number of benzene rings is 2. The van der Waals surface area contributed by atoms with Crippen molar-refractivity contribution in [1.82, 2.24) is 4.90 Å². The first-order chi connectivity index (χ1) is 16.3. The third-order valence-corrected chi connectivity index (χ3v) is 4.67. The molecule has 1 N–H and O–H groups in total. The van der Waals surface area contributed by atoms with Gasteiger partial charge < -0.3 is 19.5 Å². The SMILES string of the molecule is CC#CN(CCCOc1cc(C(=O)OC)c(NC(=O)CC)cc1OC)C(=O)c1ccc(F)cc1. The minimum absolute atomic E-state index is 0.116. The van der Waals surface area contributed by atoms with Crippen LogP contribution in [0, 0.1) is 17.8 Å². The molecule has 34 heavy (non-hydrogen) atoms. The minimum Gasteiger partial charge on any atom is -0.493 e. The van der Waals surface area contributed by atoms with Crippen molar-refractivity contribution in [3.8, 4) is 23.5 Å². The van der Waals surface area contributed by atoms with Gasteiger partial charge in [0.25, 0.3) is 5.91 Å². The molecule has 0 atom stereocenters. The first-order valence-corrected chi connectivity index (χ1v) is 10.6. The van der Waals surface area contributed by atoms with E-state index >= 15 is 0 Å². The second-order valence-corrected chi connectivity index (χ2v) is 6.97. The van der Waals surface area contributed by atoms with Gasteiger partial charge in [-0.1, -0.05) is 12.8 Å². The van der Waals surface area contributed by atoms with E-state index in [0.717, 1.165) is 0 Å². The van der Waals surface area contributed by atoms with Crippen LogP contribution in [0.4, 0.5) is 10.1 Å². The van der Waals surface area contributed by atoms with E-state index in [0.29, 0.717) is 17.7 Å². The summed E-state index contributed by atoms with van der Waals surface area (Å²) in [6.45, 7) is 3.73. The summed E-state index contributed by atoms with van der Waals surface area (Å²) in [5.41, 5.74) is 0.682. The Kier molecular flexibility index (Phi) is 9.90. The standard InChI is InChI=1S/C25H27FN2O6/c1-5-12-28(24(30)17-8-10-18(26)11-9-17)13-7-14-34-22-15-19(25(31)33-4)20(16-21(22)32-3)27-23(29)6-2/h8-11,15-16H,6-7,13-14H2,1-4H3,(H,27,29). The Labute approximate surface area is 198 Å². The molecular formula is C25H27FN2O6. The Bertz CT molecular complexity index is 1090. The highest BCUT2D eigenvalue weighted by Crippen LogP contribution is 2.34. The van der Waals surface area contributed by atoms with Crippen molar-refractivity contribution in [2.45, 2.75) is 26.7 Å². The van der Waals surface area contributed by atoms with E-state index in [9.17, 15) is 18.8 Å². The van der Waals surface area contributed by atoms with Crippen molar-refractivity contribution < 1.29 is 33.0 Å². The van der Waals surface area contributed by atoms with Crippen molar-refractivity contribution in [2.24, 2.45) is 0 Å². The molecule has 9 heteroatoms. The number of rotatable bonds is 10. The first-order valence-electron chi connectivity index (χ1n) is 10.6. The number of hydrogen-bond acceptors (Lipinski definition) is 6. The maximum absolute atomic E-state index is 13.1. The molecule has 0 aliphatic heterocycles. The van der Waals surface area contributed by atoms with Gasteiger partial charge in [-0.2, -0.15) is 0 Å². The summed E-state index contributed by atoms with van der Waals surface area (Å²) in [6, 6.07) is 10.9. The molecule has 2 aromatic rings. The van der Waals surface area contributed by atoms with Gasteiger partial charge >= 0.3 is 5.97 Å². The quantitative estimate of drug-likeness (QED) is 0.245. The fraction of sp³-hybridized carbons (Fsp3) is 0.320. The predicted molar refractivity (Wildman–Crippen MR) is 124 cm³/mol. The number of carbonyl (C=O) groups excluding carboxylic acids is 3. The van der Waals surface area contributed by atoms with E-state index in [1.54, 1.807) is 13.8 Å². The number of anilines is 1. The zero-order valence-corrected chi connectivity index (χ0v) is 19.6. The summed E-state index contributed by atoms with van der Waals surface area (Å²) in [6.07, 6.45) is 0.640. The van der Waals surface area contributed by atoms with Crippen LogP contribution in [0.15, 0.2) is 36.4 Å². The highest BCUT2D eigenvalue weighted by molar-refractivity contribution is 6.02. The Morgan fingerprint density at radius 1 is 1.09 bits per heavy atom. The Morgan fingerprint density at radius 2 is 1.79 bits per heavy atom. The van der Waals surface area contributed by atoms with Crippen LogP contribution in [0.5, 0.6) is 11.5 Å². The maximum atomic E-state index is 13.1. The smallest absolute Gasteiger partial charge is 0.340 e. The summed E-state index contributed by atoms with van der Waals surface area (Å²) in [4.78, 5) is 38.1. The van der Waals surface area contributed by atoms with Crippen LogP contribution in [-0.4, -0.2) is 50.1 Å².